The number of nitrogens with one attached hydrogen (secondary N) is 3. The van der Waals surface area contributed by atoms with Gasteiger partial charge in [0, 0.05) is 31.4 Å². The van der Waals surface area contributed by atoms with Crippen LogP contribution in [0.1, 0.15) is 18.4 Å². The highest BCUT2D eigenvalue weighted by Gasteiger charge is 2.03. The summed E-state index contributed by atoms with van der Waals surface area (Å²) in [5, 5.41) is 6.59. The molecule has 0 bridgehead atoms. The molecule has 2 heterocycles. The summed E-state index contributed by atoms with van der Waals surface area (Å²) in [5.41, 5.74) is 3.19. The fourth-order valence-corrected chi connectivity index (χ4v) is 2.56. The average molecular weight is 476 g/mol. The highest BCUT2D eigenvalue weighted by molar-refractivity contribution is 14.0. The minimum Gasteiger partial charge on any atom is -0.357 e. The molecule has 0 fully saturated rings. The van der Waals surface area contributed by atoms with Gasteiger partial charge in [0.05, 0.1) is 11.9 Å². The Labute approximate surface area is 177 Å². The van der Waals surface area contributed by atoms with E-state index in [-0.39, 0.29) is 24.0 Å². The van der Waals surface area contributed by atoms with Gasteiger partial charge in [-0.25, -0.2) is 9.98 Å². The average Bonchev–Trinajstić information content (AvgIpc) is 3.17. The number of hydrogen-bond donors (Lipinski definition) is 3. The Morgan fingerprint density at radius 3 is 2.59 bits per heavy atom. The third-order valence-electron chi connectivity index (χ3n) is 3.84. The summed E-state index contributed by atoms with van der Waals surface area (Å²) >= 11 is 0. The Balaban J connectivity index is 0.00000261. The van der Waals surface area contributed by atoms with E-state index in [1.807, 2.05) is 48.8 Å². The van der Waals surface area contributed by atoms with Crippen molar-refractivity contribution in [1.29, 1.82) is 0 Å². The molecule has 0 saturated carbocycles. The Bertz CT molecular complexity index is 817. The predicted octanol–water partition coefficient (Wildman–Crippen LogP) is 3.39. The number of rotatable bonds is 7. The van der Waals surface area contributed by atoms with Crippen LogP contribution in [0, 0.1) is 0 Å². The van der Waals surface area contributed by atoms with E-state index in [0.717, 1.165) is 48.2 Å². The minimum absolute atomic E-state index is 0. The van der Waals surface area contributed by atoms with E-state index in [4.69, 9.17) is 0 Å². The van der Waals surface area contributed by atoms with Gasteiger partial charge in [0.1, 0.15) is 12.4 Å². The monoisotopic (exact) mass is 476 g/mol. The normalized spacial score (nSPS) is 10.9. The summed E-state index contributed by atoms with van der Waals surface area (Å²) in [6.07, 6.45) is 4.52. The molecule has 0 saturated heterocycles. The standard InChI is InChI=1S/C20H24N6.HI/c1-2-21-20(23-13-11-17-10-6-7-12-22-17)25-15-19-24-14-18(26-19)16-8-4-3-5-9-16;/h3-10,12,14H,2,11,13,15H2,1H3,(H,24,26)(H2,21,23,25);1H. The zero-order valence-electron chi connectivity index (χ0n) is 15.4. The number of guanidine groups is 1. The first-order valence-electron chi connectivity index (χ1n) is 8.86. The molecule has 3 rings (SSSR count). The second kappa shape index (κ2) is 11.3. The molecule has 27 heavy (non-hydrogen) atoms. The first-order valence-corrected chi connectivity index (χ1v) is 8.86. The van der Waals surface area contributed by atoms with Crippen LogP contribution in [0.15, 0.2) is 65.9 Å². The van der Waals surface area contributed by atoms with Crippen molar-refractivity contribution in [2.45, 2.75) is 19.9 Å². The molecule has 0 amide bonds. The molecule has 3 N–H and O–H groups in total. The summed E-state index contributed by atoms with van der Waals surface area (Å²) in [5.74, 6) is 1.62. The minimum atomic E-state index is 0. The molecule has 7 heteroatoms. The third kappa shape index (κ3) is 6.67. The van der Waals surface area contributed by atoms with E-state index in [9.17, 15) is 0 Å². The van der Waals surface area contributed by atoms with Crippen LogP contribution < -0.4 is 10.6 Å². The predicted molar refractivity (Wildman–Crippen MR) is 120 cm³/mol. The van der Waals surface area contributed by atoms with Gasteiger partial charge in [-0.1, -0.05) is 36.4 Å². The fourth-order valence-electron chi connectivity index (χ4n) is 2.56. The molecule has 0 aliphatic rings. The molecule has 1 aromatic carbocycles. The van der Waals surface area contributed by atoms with Crippen LogP contribution in [-0.4, -0.2) is 34.0 Å². The zero-order valence-corrected chi connectivity index (χ0v) is 17.7. The maximum absolute atomic E-state index is 4.60. The van der Waals surface area contributed by atoms with Gasteiger partial charge in [-0.15, -0.1) is 24.0 Å². The maximum Gasteiger partial charge on any atom is 0.191 e. The second-order valence-corrected chi connectivity index (χ2v) is 5.80. The first-order chi connectivity index (χ1) is 12.8. The van der Waals surface area contributed by atoms with Crippen molar-refractivity contribution >= 4 is 29.9 Å². The molecule has 2 aromatic heterocycles. The molecule has 0 aliphatic carbocycles. The van der Waals surface area contributed by atoms with Crippen molar-refractivity contribution in [2.75, 3.05) is 13.1 Å². The van der Waals surface area contributed by atoms with Crippen LogP contribution in [0.25, 0.3) is 11.3 Å². The molecule has 0 spiro atoms. The highest BCUT2D eigenvalue weighted by Crippen LogP contribution is 2.16. The van der Waals surface area contributed by atoms with Crippen molar-refractivity contribution in [3.63, 3.8) is 0 Å². The lowest BCUT2D eigenvalue weighted by Crippen LogP contribution is -2.38. The van der Waals surface area contributed by atoms with Crippen LogP contribution in [0.2, 0.25) is 0 Å². The van der Waals surface area contributed by atoms with Crippen molar-refractivity contribution in [1.82, 2.24) is 25.6 Å². The second-order valence-electron chi connectivity index (χ2n) is 5.80. The number of H-pyrrole nitrogens is 1. The summed E-state index contributed by atoms with van der Waals surface area (Å²) in [6, 6.07) is 16.1. The zero-order chi connectivity index (χ0) is 18.0. The number of pyridine rings is 1. The third-order valence-corrected chi connectivity index (χ3v) is 3.84. The number of nitrogens with zero attached hydrogens (tertiary/aromatic N) is 3. The van der Waals surface area contributed by atoms with E-state index >= 15 is 0 Å². The highest BCUT2D eigenvalue weighted by atomic mass is 127. The molecule has 0 atom stereocenters. The molecular weight excluding hydrogens is 451 g/mol. The van der Waals surface area contributed by atoms with Crippen molar-refractivity contribution in [2.24, 2.45) is 4.99 Å². The van der Waals surface area contributed by atoms with Crippen LogP contribution in [0.3, 0.4) is 0 Å². The van der Waals surface area contributed by atoms with E-state index in [1.54, 1.807) is 0 Å². The lowest BCUT2D eigenvalue weighted by Gasteiger charge is -2.10. The van der Waals surface area contributed by atoms with E-state index in [0.29, 0.717) is 6.54 Å². The summed E-state index contributed by atoms with van der Waals surface area (Å²) in [7, 11) is 0. The number of aliphatic imine (C=N–C) groups is 1. The largest absolute Gasteiger partial charge is 0.357 e. The molecule has 3 aromatic rings. The molecule has 0 unspecified atom stereocenters. The lowest BCUT2D eigenvalue weighted by atomic mass is 10.2. The maximum atomic E-state index is 4.60. The Kier molecular flexibility index (Phi) is 8.76. The van der Waals surface area contributed by atoms with Gasteiger partial charge >= 0.3 is 0 Å². The van der Waals surface area contributed by atoms with Gasteiger partial charge in [-0.05, 0) is 24.6 Å². The van der Waals surface area contributed by atoms with Gasteiger partial charge < -0.3 is 15.6 Å². The van der Waals surface area contributed by atoms with Gasteiger partial charge in [0.2, 0.25) is 0 Å². The van der Waals surface area contributed by atoms with Gasteiger partial charge in [0.25, 0.3) is 0 Å². The number of benzene rings is 1. The quantitative estimate of drug-likeness (QED) is 0.278. The van der Waals surface area contributed by atoms with Gasteiger partial charge in [-0.2, -0.15) is 0 Å². The number of aromatic amines is 1. The lowest BCUT2D eigenvalue weighted by molar-refractivity contribution is 0.783. The molecule has 6 nitrogen and oxygen atoms in total. The first kappa shape index (κ1) is 20.9. The van der Waals surface area contributed by atoms with E-state index in [1.165, 1.54) is 0 Å². The van der Waals surface area contributed by atoms with Crippen LogP contribution in [0.5, 0.6) is 0 Å². The number of imidazole rings is 1. The van der Waals surface area contributed by atoms with Crippen molar-refractivity contribution in [3.05, 3.63) is 72.4 Å². The molecule has 142 valence electrons. The van der Waals surface area contributed by atoms with Crippen molar-refractivity contribution in [3.8, 4) is 11.3 Å². The Morgan fingerprint density at radius 2 is 1.85 bits per heavy atom. The van der Waals surface area contributed by atoms with Crippen LogP contribution in [-0.2, 0) is 13.0 Å². The summed E-state index contributed by atoms with van der Waals surface area (Å²) in [6.45, 7) is 4.13. The van der Waals surface area contributed by atoms with Gasteiger partial charge in [0.15, 0.2) is 5.96 Å². The topological polar surface area (TPSA) is 78.0 Å². The fraction of sp³-hybridized carbons (Fsp3) is 0.250. The van der Waals surface area contributed by atoms with Gasteiger partial charge in [-0.3, -0.25) is 4.98 Å². The molecule has 0 aliphatic heterocycles. The number of halogens is 1. The smallest absolute Gasteiger partial charge is 0.191 e. The Morgan fingerprint density at radius 1 is 1.04 bits per heavy atom. The summed E-state index contributed by atoms with van der Waals surface area (Å²) in [4.78, 5) is 16.7. The molecular formula is C20H25IN6. The Hall–Kier alpha value is -2.42. The van der Waals surface area contributed by atoms with Crippen LogP contribution >= 0.6 is 24.0 Å². The number of aromatic nitrogens is 3. The van der Waals surface area contributed by atoms with Crippen LogP contribution in [0.4, 0.5) is 0 Å². The summed E-state index contributed by atoms with van der Waals surface area (Å²) < 4.78 is 0. The van der Waals surface area contributed by atoms with Crippen molar-refractivity contribution < 1.29 is 0 Å². The van der Waals surface area contributed by atoms with E-state index < -0.39 is 0 Å². The SMILES string of the molecule is CCNC(=NCc1ncc(-c2ccccc2)[nH]1)NCCc1ccccn1.I. The van der Waals surface area contributed by atoms with E-state index in [2.05, 4.69) is 49.6 Å². The molecule has 0 radical (unpaired) electrons. The number of hydrogen-bond acceptors (Lipinski definition) is 3.